The normalized spacial score (nSPS) is 27.3. The van der Waals surface area contributed by atoms with E-state index in [-0.39, 0.29) is 29.1 Å². The number of likely N-dealkylation sites (tertiary alicyclic amines) is 2. The van der Waals surface area contributed by atoms with Gasteiger partial charge in [0.05, 0.1) is 11.6 Å². The fourth-order valence-electron chi connectivity index (χ4n) is 4.49. The Balaban J connectivity index is 1.48. The molecule has 1 aromatic heterocycles. The summed E-state index contributed by atoms with van der Waals surface area (Å²) in [5.74, 6) is -0.0329. The van der Waals surface area contributed by atoms with Gasteiger partial charge >= 0.3 is 0 Å². The zero-order chi connectivity index (χ0) is 18.1. The number of hydrogen-bond acceptors (Lipinski definition) is 5. The maximum absolute atomic E-state index is 13.3. The average Bonchev–Trinajstić information content (AvgIpc) is 3.10. The van der Waals surface area contributed by atoms with Crippen LogP contribution >= 0.6 is 0 Å². The molecular weight excluding hydrogens is 336 g/mol. The van der Waals surface area contributed by atoms with E-state index in [0.717, 1.165) is 38.4 Å². The van der Waals surface area contributed by atoms with Crippen molar-refractivity contribution in [1.82, 2.24) is 19.8 Å². The highest BCUT2D eigenvalue weighted by Crippen LogP contribution is 2.41. The Morgan fingerprint density at radius 2 is 2.04 bits per heavy atom. The van der Waals surface area contributed by atoms with E-state index in [0.29, 0.717) is 32.7 Å². The van der Waals surface area contributed by atoms with Crippen LogP contribution in [0.3, 0.4) is 0 Å². The van der Waals surface area contributed by atoms with E-state index in [1.807, 2.05) is 4.90 Å². The Labute approximate surface area is 151 Å². The Bertz CT molecular complexity index is 737. The minimum Gasteiger partial charge on any atom is -0.381 e. The van der Waals surface area contributed by atoms with Crippen LogP contribution in [-0.4, -0.2) is 70.5 Å². The second kappa shape index (κ2) is 6.83. The molecule has 0 aliphatic carbocycles. The van der Waals surface area contributed by atoms with E-state index in [9.17, 15) is 14.4 Å². The molecule has 3 aliphatic heterocycles. The fraction of sp³-hybridized carbons (Fsp3) is 0.667. The van der Waals surface area contributed by atoms with Crippen LogP contribution in [0.4, 0.5) is 0 Å². The topological polar surface area (TPSA) is 95.6 Å². The summed E-state index contributed by atoms with van der Waals surface area (Å²) in [5.41, 5.74) is -0.589. The number of carbonyl (C=O) groups is 2. The maximum Gasteiger partial charge on any atom is 0.273 e. The van der Waals surface area contributed by atoms with Gasteiger partial charge in [-0.15, -0.1) is 0 Å². The third-order valence-electron chi connectivity index (χ3n) is 5.93. The van der Waals surface area contributed by atoms with Gasteiger partial charge in [0.2, 0.25) is 5.91 Å². The van der Waals surface area contributed by atoms with Crippen molar-refractivity contribution in [3.8, 4) is 0 Å². The summed E-state index contributed by atoms with van der Waals surface area (Å²) in [4.78, 5) is 47.2. The number of piperidine rings is 1. The summed E-state index contributed by atoms with van der Waals surface area (Å²) in [5, 5.41) is 0. The van der Waals surface area contributed by atoms with Crippen LogP contribution in [0.1, 0.15) is 42.6 Å². The summed E-state index contributed by atoms with van der Waals surface area (Å²) in [6.07, 6.45) is 6.74. The first kappa shape index (κ1) is 17.2. The van der Waals surface area contributed by atoms with Gasteiger partial charge in [0.25, 0.3) is 11.5 Å². The molecule has 0 bridgehead atoms. The van der Waals surface area contributed by atoms with Gasteiger partial charge in [-0.3, -0.25) is 14.4 Å². The molecule has 3 saturated heterocycles. The van der Waals surface area contributed by atoms with E-state index in [4.69, 9.17) is 4.74 Å². The van der Waals surface area contributed by atoms with Crippen molar-refractivity contribution in [2.45, 2.75) is 38.1 Å². The minimum absolute atomic E-state index is 0.195. The molecule has 8 heteroatoms. The van der Waals surface area contributed by atoms with E-state index >= 15 is 0 Å². The zero-order valence-electron chi connectivity index (χ0n) is 14.8. The number of aromatic amines is 1. The monoisotopic (exact) mass is 360 g/mol. The lowest BCUT2D eigenvalue weighted by molar-refractivity contribution is -0.150. The van der Waals surface area contributed by atoms with Crippen LogP contribution in [-0.2, 0) is 9.53 Å². The number of H-pyrrole nitrogens is 1. The molecular formula is C18H24N4O4. The van der Waals surface area contributed by atoms with Gasteiger partial charge in [-0.2, -0.15) is 0 Å². The van der Waals surface area contributed by atoms with E-state index in [1.165, 1.54) is 6.20 Å². The average molecular weight is 360 g/mol. The molecule has 4 heterocycles. The number of ether oxygens (including phenoxy) is 1. The SMILES string of the molecule is O=C(c1c[nH]c(=O)cn1)N1CC[C@]2(CCCN(C3CCOCC3)C2=O)C1. The van der Waals surface area contributed by atoms with Gasteiger partial charge in [0.1, 0.15) is 5.69 Å². The maximum atomic E-state index is 13.3. The van der Waals surface area contributed by atoms with E-state index in [1.54, 1.807) is 4.90 Å². The standard InChI is InChI=1S/C18H24N4O4/c23-15-11-19-14(10-20-15)16(24)21-7-5-18(12-21)4-1-6-22(17(18)25)13-2-8-26-9-3-13/h10-11,13H,1-9,12H2,(H,20,23)/t18-/m1/s1. The first-order valence-corrected chi connectivity index (χ1v) is 9.32. The third kappa shape index (κ3) is 3.02. The van der Waals surface area contributed by atoms with Crippen molar-refractivity contribution in [2.24, 2.45) is 5.41 Å². The Hall–Kier alpha value is -2.22. The van der Waals surface area contributed by atoms with Crippen LogP contribution in [0.5, 0.6) is 0 Å². The number of aromatic nitrogens is 2. The molecule has 4 rings (SSSR count). The van der Waals surface area contributed by atoms with Gasteiger partial charge in [-0.05, 0) is 32.1 Å². The summed E-state index contributed by atoms with van der Waals surface area (Å²) in [7, 11) is 0. The molecule has 1 N–H and O–H groups in total. The molecule has 140 valence electrons. The summed E-state index contributed by atoms with van der Waals surface area (Å²) >= 11 is 0. The molecule has 0 unspecified atom stereocenters. The van der Waals surface area contributed by atoms with Crippen LogP contribution in [0.15, 0.2) is 17.2 Å². The molecule has 26 heavy (non-hydrogen) atoms. The van der Waals surface area contributed by atoms with Gasteiger partial charge < -0.3 is 19.5 Å². The zero-order valence-corrected chi connectivity index (χ0v) is 14.8. The van der Waals surface area contributed by atoms with Crippen LogP contribution < -0.4 is 5.56 Å². The first-order valence-electron chi connectivity index (χ1n) is 9.32. The number of amides is 2. The number of nitrogens with zero attached hydrogens (tertiary/aromatic N) is 3. The summed E-state index contributed by atoms with van der Waals surface area (Å²) in [6, 6.07) is 0.263. The van der Waals surface area contributed by atoms with Crippen LogP contribution in [0.2, 0.25) is 0 Å². The van der Waals surface area contributed by atoms with Crippen molar-refractivity contribution in [3.05, 3.63) is 28.4 Å². The molecule has 0 saturated carbocycles. The lowest BCUT2D eigenvalue weighted by atomic mass is 9.77. The van der Waals surface area contributed by atoms with Crippen molar-refractivity contribution in [1.29, 1.82) is 0 Å². The highest BCUT2D eigenvalue weighted by molar-refractivity contribution is 5.93. The van der Waals surface area contributed by atoms with Gasteiger partial charge in [-0.1, -0.05) is 0 Å². The number of hydrogen-bond donors (Lipinski definition) is 1. The van der Waals surface area contributed by atoms with E-state index < -0.39 is 5.41 Å². The van der Waals surface area contributed by atoms with Crippen molar-refractivity contribution < 1.29 is 14.3 Å². The van der Waals surface area contributed by atoms with Gasteiger partial charge in [0, 0.05) is 45.1 Å². The smallest absolute Gasteiger partial charge is 0.273 e. The fourth-order valence-corrected chi connectivity index (χ4v) is 4.49. The Kier molecular flexibility index (Phi) is 4.52. The molecule has 1 atom stereocenters. The Morgan fingerprint density at radius 1 is 1.23 bits per heavy atom. The number of rotatable bonds is 2. The third-order valence-corrected chi connectivity index (χ3v) is 5.93. The van der Waals surface area contributed by atoms with Crippen molar-refractivity contribution in [2.75, 3.05) is 32.8 Å². The highest BCUT2D eigenvalue weighted by atomic mass is 16.5. The molecule has 0 aromatic carbocycles. The lowest BCUT2D eigenvalue weighted by Gasteiger charge is -2.44. The Morgan fingerprint density at radius 3 is 2.77 bits per heavy atom. The molecule has 3 fully saturated rings. The quantitative estimate of drug-likeness (QED) is 0.824. The first-order chi connectivity index (χ1) is 12.6. The number of nitrogens with one attached hydrogen (secondary N) is 1. The second-order valence-electron chi connectivity index (χ2n) is 7.50. The summed E-state index contributed by atoms with van der Waals surface area (Å²) < 4.78 is 5.43. The van der Waals surface area contributed by atoms with Crippen molar-refractivity contribution >= 4 is 11.8 Å². The van der Waals surface area contributed by atoms with E-state index in [2.05, 4.69) is 9.97 Å². The largest absolute Gasteiger partial charge is 0.381 e. The summed E-state index contributed by atoms with van der Waals surface area (Å²) in [6.45, 7) is 3.22. The van der Waals surface area contributed by atoms with Crippen LogP contribution in [0.25, 0.3) is 0 Å². The lowest BCUT2D eigenvalue weighted by Crippen LogP contribution is -2.55. The van der Waals surface area contributed by atoms with Gasteiger partial charge in [-0.25, -0.2) is 4.98 Å². The molecule has 8 nitrogen and oxygen atoms in total. The highest BCUT2D eigenvalue weighted by Gasteiger charge is 2.50. The van der Waals surface area contributed by atoms with Crippen LogP contribution in [0, 0.1) is 5.41 Å². The van der Waals surface area contributed by atoms with Crippen molar-refractivity contribution in [3.63, 3.8) is 0 Å². The second-order valence-corrected chi connectivity index (χ2v) is 7.50. The molecule has 1 aromatic rings. The van der Waals surface area contributed by atoms with Gasteiger partial charge in [0.15, 0.2) is 0 Å². The molecule has 2 amide bonds. The molecule has 3 aliphatic rings. The predicted molar refractivity (Wildman–Crippen MR) is 92.6 cm³/mol. The minimum atomic E-state index is -0.464. The number of carbonyl (C=O) groups excluding carboxylic acids is 2. The predicted octanol–water partition coefficient (Wildman–Crippen LogP) is 0.404. The molecule has 0 radical (unpaired) electrons. The molecule has 1 spiro atoms.